The van der Waals surface area contributed by atoms with Gasteiger partial charge in [0.15, 0.2) is 0 Å². The van der Waals surface area contributed by atoms with E-state index in [1.54, 1.807) is 24.5 Å². The number of hydrogen-bond acceptors (Lipinski definition) is 3. The molecule has 15 heavy (non-hydrogen) atoms. The summed E-state index contributed by atoms with van der Waals surface area (Å²) in [6.45, 7) is -0.294. The van der Waals surface area contributed by atoms with Crippen molar-refractivity contribution in [2.45, 2.75) is 6.61 Å². The smallest absolute Gasteiger partial charge is 0.129 e. The number of aromatic nitrogens is 2. The fraction of sp³-hybridized carbons (Fsp3) is 0.0909. The van der Waals surface area contributed by atoms with Crippen molar-refractivity contribution in [3.05, 3.63) is 48.3 Å². The lowest BCUT2D eigenvalue weighted by atomic mass is 10.1. The van der Waals surface area contributed by atoms with Crippen LogP contribution in [-0.2, 0) is 6.61 Å². The average Bonchev–Trinajstić information content (AvgIpc) is 2.30. The van der Waals surface area contributed by atoms with E-state index >= 15 is 0 Å². The fourth-order valence-electron chi connectivity index (χ4n) is 1.30. The van der Waals surface area contributed by atoms with E-state index in [0.29, 0.717) is 5.56 Å². The van der Waals surface area contributed by atoms with Crippen LogP contribution in [-0.4, -0.2) is 15.1 Å². The van der Waals surface area contributed by atoms with Gasteiger partial charge in [-0.1, -0.05) is 12.1 Å². The predicted octanol–water partition coefficient (Wildman–Crippen LogP) is 1.77. The third-order valence-electron chi connectivity index (χ3n) is 2.12. The minimum Gasteiger partial charge on any atom is -0.392 e. The van der Waals surface area contributed by atoms with Crippen molar-refractivity contribution in [3.8, 4) is 11.1 Å². The summed E-state index contributed by atoms with van der Waals surface area (Å²) in [7, 11) is 0. The first-order chi connectivity index (χ1) is 7.31. The Hall–Kier alpha value is -1.81. The van der Waals surface area contributed by atoms with E-state index in [1.165, 1.54) is 12.4 Å². The lowest BCUT2D eigenvalue weighted by Crippen LogP contribution is -1.90. The van der Waals surface area contributed by atoms with Crippen molar-refractivity contribution in [2.24, 2.45) is 0 Å². The summed E-state index contributed by atoms with van der Waals surface area (Å²) in [4.78, 5) is 7.70. The molecule has 1 N–H and O–H groups in total. The molecular formula is C11H9FN2O. The first-order valence-corrected chi connectivity index (χ1v) is 4.46. The maximum absolute atomic E-state index is 13.3. The summed E-state index contributed by atoms with van der Waals surface area (Å²) in [5.74, 6) is -0.418. The van der Waals surface area contributed by atoms with Crippen LogP contribution in [0, 0.1) is 5.82 Å². The van der Waals surface area contributed by atoms with Crippen LogP contribution in [0.15, 0.2) is 36.9 Å². The highest BCUT2D eigenvalue weighted by Gasteiger charge is 2.04. The molecule has 0 saturated carbocycles. The van der Waals surface area contributed by atoms with Gasteiger partial charge in [0.25, 0.3) is 0 Å². The molecule has 0 aliphatic carbocycles. The van der Waals surface area contributed by atoms with Crippen molar-refractivity contribution in [1.29, 1.82) is 0 Å². The largest absolute Gasteiger partial charge is 0.392 e. The van der Waals surface area contributed by atoms with Gasteiger partial charge in [0.1, 0.15) is 12.1 Å². The first kappa shape index (κ1) is 9.73. The zero-order chi connectivity index (χ0) is 10.7. The highest BCUT2D eigenvalue weighted by atomic mass is 19.1. The number of aliphatic hydroxyl groups is 1. The molecule has 0 aliphatic rings. The SMILES string of the molecule is OCc1ccc(-c2cncnc2)cc1F. The van der Waals surface area contributed by atoms with Gasteiger partial charge in [0, 0.05) is 23.5 Å². The third kappa shape index (κ3) is 1.99. The van der Waals surface area contributed by atoms with E-state index < -0.39 is 5.82 Å². The molecule has 0 bridgehead atoms. The van der Waals surface area contributed by atoms with E-state index in [0.717, 1.165) is 5.56 Å². The van der Waals surface area contributed by atoms with Crippen LogP contribution in [0.25, 0.3) is 11.1 Å². The lowest BCUT2D eigenvalue weighted by molar-refractivity contribution is 0.276. The summed E-state index contributed by atoms with van der Waals surface area (Å²) in [6.07, 6.45) is 4.64. The van der Waals surface area contributed by atoms with E-state index in [-0.39, 0.29) is 12.2 Å². The zero-order valence-electron chi connectivity index (χ0n) is 7.89. The first-order valence-electron chi connectivity index (χ1n) is 4.46. The second-order valence-corrected chi connectivity index (χ2v) is 3.09. The van der Waals surface area contributed by atoms with E-state index in [4.69, 9.17) is 5.11 Å². The molecule has 0 amide bonds. The second kappa shape index (κ2) is 4.14. The normalized spacial score (nSPS) is 10.3. The second-order valence-electron chi connectivity index (χ2n) is 3.09. The zero-order valence-corrected chi connectivity index (χ0v) is 7.89. The Labute approximate surface area is 86.3 Å². The summed E-state index contributed by atoms with van der Waals surface area (Å²) in [6, 6.07) is 4.65. The molecule has 0 aliphatic heterocycles. The van der Waals surface area contributed by atoms with Gasteiger partial charge < -0.3 is 5.11 Å². The topological polar surface area (TPSA) is 46.0 Å². The number of hydrogen-bond donors (Lipinski definition) is 1. The predicted molar refractivity (Wildman–Crippen MR) is 53.3 cm³/mol. The number of benzene rings is 1. The van der Waals surface area contributed by atoms with Crippen LogP contribution < -0.4 is 0 Å². The van der Waals surface area contributed by atoms with Crippen molar-refractivity contribution in [2.75, 3.05) is 0 Å². The lowest BCUT2D eigenvalue weighted by Gasteiger charge is -2.03. The summed E-state index contributed by atoms with van der Waals surface area (Å²) in [5.41, 5.74) is 1.74. The average molecular weight is 204 g/mol. The molecule has 1 aromatic carbocycles. The Kier molecular flexibility index (Phi) is 2.69. The van der Waals surface area contributed by atoms with Gasteiger partial charge in [-0.2, -0.15) is 0 Å². The highest BCUT2D eigenvalue weighted by Crippen LogP contribution is 2.20. The molecule has 0 spiro atoms. The van der Waals surface area contributed by atoms with Crippen LogP contribution in [0.3, 0.4) is 0 Å². The van der Waals surface area contributed by atoms with Crippen molar-refractivity contribution in [3.63, 3.8) is 0 Å². The van der Waals surface area contributed by atoms with Crippen molar-refractivity contribution >= 4 is 0 Å². The van der Waals surface area contributed by atoms with Gasteiger partial charge >= 0.3 is 0 Å². The van der Waals surface area contributed by atoms with Crippen LogP contribution in [0.4, 0.5) is 4.39 Å². The molecule has 0 atom stereocenters. The maximum atomic E-state index is 13.3. The third-order valence-corrected chi connectivity index (χ3v) is 2.12. The summed E-state index contributed by atoms with van der Waals surface area (Å²) in [5, 5.41) is 8.82. The number of rotatable bonds is 2. The van der Waals surface area contributed by atoms with Gasteiger partial charge in [-0.25, -0.2) is 14.4 Å². The van der Waals surface area contributed by atoms with Gasteiger partial charge in [-0.15, -0.1) is 0 Å². The molecule has 0 saturated heterocycles. The van der Waals surface area contributed by atoms with Gasteiger partial charge in [0.05, 0.1) is 6.61 Å². The van der Waals surface area contributed by atoms with Gasteiger partial charge in [0.2, 0.25) is 0 Å². The number of aliphatic hydroxyl groups excluding tert-OH is 1. The number of nitrogens with zero attached hydrogens (tertiary/aromatic N) is 2. The minimum atomic E-state index is -0.418. The Morgan fingerprint density at radius 1 is 1.13 bits per heavy atom. The Morgan fingerprint density at radius 3 is 2.47 bits per heavy atom. The van der Waals surface area contributed by atoms with Crippen LogP contribution in [0.1, 0.15) is 5.56 Å². The molecule has 1 aromatic heterocycles. The molecule has 4 heteroatoms. The Morgan fingerprint density at radius 2 is 1.87 bits per heavy atom. The minimum absolute atomic E-state index is 0.288. The molecule has 0 unspecified atom stereocenters. The highest BCUT2D eigenvalue weighted by molar-refractivity contribution is 5.61. The molecule has 2 aromatic rings. The molecule has 76 valence electrons. The van der Waals surface area contributed by atoms with Gasteiger partial charge in [-0.05, 0) is 11.6 Å². The molecule has 0 fully saturated rings. The fourth-order valence-corrected chi connectivity index (χ4v) is 1.30. The molecular weight excluding hydrogens is 195 g/mol. The van der Waals surface area contributed by atoms with E-state index in [9.17, 15) is 4.39 Å². The Balaban J connectivity index is 2.43. The molecule has 3 nitrogen and oxygen atoms in total. The monoisotopic (exact) mass is 204 g/mol. The maximum Gasteiger partial charge on any atom is 0.129 e. The van der Waals surface area contributed by atoms with Gasteiger partial charge in [-0.3, -0.25) is 0 Å². The standard InChI is InChI=1S/C11H9FN2O/c12-11-3-8(1-2-9(11)6-15)10-4-13-7-14-5-10/h1-5,7,15H,6H2. The van der Waals surface area contributed by atoms with Crippen LogP contribution >= 0.6 is 0 Å². The van der Waals surface area contributed by atoms with Crippen LogP contribution in [0.5, 0.6) is 0 Å². The quantitative estimate of drug-likeness (QED) is 0.810. The Bertz CT molecular complexity index is 459. The summed E-state index contributed by atoms with van der Waals surface area (Å²) < 4.78 is 13.3. The summed E-state index contributed by atoms with van der Waals surface area (Å²) >= 11 is 0. The number of halogens is 1. The van der Waals surface area contributed by atoms with E-state index in [1.807, 2.05) is 0 Å². The van der Waals surface area contributed by atoms with Crippen molar-refractivity contribution < 1.29 is 9.50 Å². The van der Waals surface area contributed by atoms with Crippen molar-refractivity contribution in [1.82, 2.24) is 9.97 Å². The van der Waals surface area contributed by atoms with E-state index in [2.05, 4.69) is 9.97 Å². The molecule has 2 rings (SSSR count). The molecule has 0 radical (unpaired) electrons. The molecule has 1 heterocycles. The van der Waals surface area contributed by atoms with Crippen LogP contribution in [0.2, 0.25) is 0 Å².